The maximum absolute atomic E-state index is 10.7. The van der Waals surface area contributed by atoms with Crippen LogP contribution in [-0.2, 0) is 11.1 Å². The topological polar surface area (TPSA) is 115 Å². The molecule has 4 aromatic rings. The molecular formula is C25H32N7O3S-. The van der Waals surface area contributed by atoms with Crippen molar-refractivity contribution in [3.05, 3.63) is 36.3 Å². The lowest BCUT2D eigenvalue weighted by molar-refractivity contribution is 0.254. The van der Waals surface area contributed by atoms with Gasteiger partial charge in [0, 0.05) is 49.3 Å². The minimum Gasteiger partial charge on any atom is -0.772 e. The van der Waals surface area contributed by atoms with E-state index in [0.29, 0.717) is 11.4 Å². The molecule has 192 valence electrons. The van der Waals surface area contributed by atoms with Gasteiger partial charge in [-0.2, -0.15) is 5.10 Å². The number of aromatic amines is 1. The van der Waals surface area contributed by atoms with Crippen LogP contribution in [0.25, 0.3) is 27.9 Å². The summed E-state index contributed by atoms with van der Waals surface area (Å²) in [5, 5.41) is 4.31. The Morgan fingerprint density at radius 1 is 1.19 bits per heavy atom. The highest BCUT2D eigenvalue weighted by molar-refractivity contribution is 7.79. The molecule has 0 radical (unpaired) electrons. The smallest absolute Gasteiger partial charge is 0.197 e. The van der Waals surface area contributed by atoms with E-state index in [1.54, 1.807) is 11.6 Å². The Balaban J connectivity index is 1.39. The number of nitrogens with one attached hydrogen (secondary N) is 1. The maximum Gasteiger partial charge on any atom is 0.197 e. The van der Waals surface area contributed by atoms with Gasteiger partial charge in [-0.3, -0.25) is 9.11 Å². The largest absolute Gasteiger partial charge is 0.772 e. The van der Waals surface area contributed by atoms with Crippen molar-refractivity contribution in [3.63, 3.8) is 0 Å². The van der Waals surface area contributed by atoms with E-state index in [1.165, 1.54) is 11.9 Å². The van der Waals surface area contributed by atoms with E-state index >= 15 is 0 Å². The first-order chi connectivity index (χ1) is 17.4. The zero-order chi connectivity index (χ0) is 25.2. The van der Waals surface area contributed by atoms with E-state index in [0.717, 1.165) is 73.7 Å². The zero-order valence-corrected chi connectivity index (χ0v) is 21.8. The fraction of sp³-hybridized carbons (Fsp3) is 0.480. The van der Waals surface area contributed by atoms with Crippen molar-refractivity contribution in [3.8, 4) is 17.0 Å². The number of rotatable bonds is 9. The van der Waals surface area contributed by atoms with Gasteiger partial charge in [-0.1, -0.05) is 24.9 Å². The number of unbranched alkanes of at least 4 members (excludes halogenated alkanes) is 1. The lowest BCUT2D eigenvalue weighted by Gasteiger charge is -2.35. The number of hydrogen-bond donors (Lipinski definition) is 1. The number of aromatic nitrogens is 5. The minimum absolute atomic E-state index is 0.250. The summed E-state index contributed by atoms with van der Waals surface area (Å²) in [6.45, 7) is 9.02. The van der Waals surface area contributed by atoms with Gasteiger partial charge in [0.2, 0.25) is 0 Å². The van der Waals surface area contributed by atoms with Crippen molar-refractivity contribution in [2.45, 2.75) is 32.6 Å². The van der Waals surface area contributed by atoms with Gasteiger partial charge in [0.05, 0.1) is 23.8 Å². The molecule has 1 fully saturated rings. The Labute approximate surface area is 213 Å². The molecule has 1 aliphatic rings. The molecule has 1 aliphatic heterocycles. The molecule has 5 heterocycles. The molecule has 0 amide bonds. The van der Waals surface area contributed by atoms with Crippen molar-refractivity contribution in [2.75, 3.05) is 50.5 Å². The predicted octanol–water partition coefficient (Wildman–Crippen LogP) is 3.19. The number of hydrogen-bond acceptors (Lipinski definition) is 8. The van der Waals surface area contributed by atoms with E-state index in [4.69, 9.17) is 9.72 Å². The van der Waals surface area contributed by atoms with Crippen molar-refractivity contribution >= 4 is 33.6 Å². The van der Waals surface area contributed by atoms with E-state index in [2.05, 4.69) is 50.8 Å². The fourth-order valence-corrected chi connectivity index (χ4v) is 5.42. The Morgan fingerprint density at radius 2 is 2.00 bits per heavy atom. The third-order valence-electron chi connectivity index (χ3n) is 6.82. The summed E-state index contributed by atoms with van der Waals surface area (Å²) in [6, 6.07) is 6.20. The molecule has 0 spiro atoms. The lowest BCUT2D eigenvalue weighted by Crippen LogP contribution is -2.46. The van der Waals surface area contributed by atoms with Crippen LogP contribution in [0.15, 0.2) is 30.7 Å². The van der Waals surface area contributed by atoms with Crippen LogP contribution in [0.4, 0.5) is 5.82 Å². The first kappa shape index (κ1) is 24.7. The Hall–Kier alpha value is -3.02. The summed E-state index contributed by atoms with van der Waals surface area (Å²) in [7, 11) is 1.64. The predicted molar refractivity (Wildman–Crippen MR) is 140 cm³/mol. The molecule has 11 heteroatoms. The van der Waals surface area contributed by atoms with Crippen molar-refractivity contribution in [1.29, 1.82) is 0 Å². The first-order valence-corrected chi connectivity index (χ1v) is 13.6. The fourth-order valence-electron chi connectivity index (χ4n) is 4.98. The van der Waals surface area contributed by atoms with Gasteiger partial charge < -0.3 is 19.2 Å². The quantitative estimate of drug-likeness (QED) is 0.270. The van der Waals surface area contributed by atoms with Gasteiger partial charge in [-0.05, 0) is 43.5 Å². The molecule has 1 unspecified atom stereocenters. The average molecular weight is 511 g/mol. The van der Waals surface area contributed by atoms with E-state index in [1.807, 2.05) is 12.3 Å². The van der Waals surface area contributed by atoms with Gasteiger partial charge in [0.1, 0.15) is 12.1 Å². The summed E-state index contributed by atoms with van der Waals surface area (Å²) in [5.41, 5.74) is 5.84. The molecule has 1 N–H and O–H groups in total. The number of piperazine rings is 1. The Morgan fingerprint density at radius 3 is 2.72 bits per heavy atom. The van der Waals surface area contributed by atoms with Gasteiger partial charge in [-0.15, -0.1) is 0 Å². The number of fused-ring (bicyclic) bond motifs is 2. The minimum atomic E-state index is -1.94. The van der Waals surface area contributed by atoms with E-state index in [9.17, 15) is 8.76 Å². The second-order valence-corrected chi connectivity index (χ2v) is 10.5. The van der Waals surface area contributed by atoms with Crippen LogP contribution in [0.5, 0.6) is 5.75 Å². The number of ether oxygens (including phenoxy) is 1. The molecule has 0 saturated carbocycles. The van der Waals surface area contributed by atoms with Gasteiger partial charge in [0.15, 0.2) is 11.4 Å². The molecule has 36 heavy (non-hydrogen) atoms. The SMILES string of the molecule is COc1cc(-c2[nH]c3ccc(N4CCN(CCCCS(=O)[O-])CC4)nc3c2C(C)C)cn2ncnc12. The van der Waals surface area contributed by atoms with Crippen LogP contribution in [0.2, 0.25) is 0 Å². The van der Waals surface area contributed by atoms with Gasteiger partial charge in [0.25, 0.3) is 0 Å². The number of anilines is 1. The van der Waals surface area contributed by atoms with Crippen molar-refractivity contribution < 1.29 is 13.5 Å². The van der Waals surface area contributed by atoms with E-state index < -0.39 is 11.1 Å². The molecule has 10 nitrogen and oxygen atoms in total. The van der Waals surface area contributed by atoms with Gasteiger partial charge in [-0.25, -0.2) is 14.5 Å². The third-order valence-corrected chi connectivity index (χ3v) is 7.45. The Kier molecular flexibility index (Phi) is 7.22. The Bertz CT molecular complexity index is 1380. The van der Waals surface area contributed by atoms with Crippen LogP contribution in [0, 0.1) is 0 Å². The highest BCUT2D eigenvalue weighted by Crippen LogP contribution is 2.37. The molecule has 0 aliphatic carbocycles. The van der Waals surface area contributed by atoms with Crippen molar-refractivity contribution in [2.24, 2.45) is 0 Å². The van der Waals surface area contributed by atoms with Crippen LogP contribution in [-0.4, -0.2) is 83.8 Å². The molecule has 1 atom stereocenters. The van der Waals surface area contributed by atoms with Crippen LogP contribution < -0.4 is 9.64 Å². The molecule has 4 aromatic heterocycles. The second kappa shape index (κ2) is 10.5. The van der Waals surface area contributed by atoms with Crippen LogP contribution in [0.3, 0.4) is 0 Å². The van der Waals surface area contributed by atoms with Gasteiger partial charge >= 0.3 is 0 Å². The summed E-state index contributed by atoms with van der Waals surface area (Å²) >= 11 is -1.94. The number of H-pyrrole nitrogens is 1. The standard InChI is InChI=1S/C25H33N7O3S/c1-17(2)22-23(18-14-20(35-3)25-26-16-27-32(25)15-18)28-19-6-7-21(29-24(19)22)31-11-9-30(10-12-31)8-4-5-13-36(33)34/h6-7,14-17,28H,4-5,8-13H2,1-3H3,(H,33,34)/p-1. The summed E-state index contributed by atoms with van der Waals surface area (Å²) in [5.74, 6) is 2.17. The second-order valence-electron chi connectivity index (χ2n) is 9.50. The first-order valence-electron chi connectivity index (χ1n) is 12.4. The van der Waals surface area contributed by atoms with Crippen molar-refractivity contribution in [1.82, 2.24) is 29.5 Å². The third kappa shape index (κ3) is 4.95. The van der Waals surface area contributed by atoms with Crippen LogP contribution in [0.1, 0.15) is 38.2 Å². The number of methoxy groups -OCH3 is 1. The molecular weight excluding hydrogens is 478 g/mol. The summed E-state index contributed by atoms with van der Waals surface area (Å²) < 4.78 is 28.8. The lowest BCUT2D eigenvalue weighted by atomic mass is 9.99. The highest BCUT2D eigenvalue weighted by Gasteiger charge is 2.22. The normalized spacial score (nSPS) is 15.9. The van der Waals surface area contributed by atoms with Crippen LogP contribution >= 0.6 is 0 Å². The number of nitrogens with zero attached hydrogens (tertiary/aromatic N) is 6. The molecule has 0 aromatic carbocycles. The number of pyridine rings is 2. The van der Waals surface area contributed by atoms with E-state index in [-0.39, 0.29) is 11.7 Å². The summed E-state index contributed by atoms with van der Waals surface area (Å²) in [6.07, 6.45) is 5.13. The maximum atomic E-state index is 10.7. The zero-order valence-electron chi connectivity index (χ0n) is 20.9. The summed E-state index contributed by atoms with van der Waals surface area (Å²) in [4.78, 5) is 17.8. The molecule has 1 saturated heterocycles. The molecule has 0 bridgehead atoms. The average Bonchev–Trinajstić information content (AvgIpc) is 3.50. The monoisotopic (exact) mass is 510 g/mol. The molecule has 5 rings (SSSR count). The highest BCUT2D eigenvalue weighted by atomic mass is 32.2.